The molecule has 1 amide bonds. The van der Waals surface area contributed by atoms with Crippen LogP contribution in [0.25, 0.3) is 0 Å². The van der Waals surface area contributed by atoms with Gasteiger partial charge in [0.05, 0.1) is 6.04 Å². The van der Waals surface area contributed by atoms with Gasteiger partial charge in [0.1, 0.15) is 0 Å². The summed E-state index contributed by atoms with van der Waals surface area (Å²) in [5.74, 6) is 6.11. The molecule has 0 saturated carbocycles. The van der Waals surface area contributed by atoms with Crippen LogP contribution in [0.5, 0.6) is 0 Å². The van der Waals surface area contributed by atoms with Crippen LogP contribution in [0.3, 0.4) is 0 Å². The van der Waals surface area contributed by atoms with E-state index >= 15 is 0 Å². The van der Waals surface area contributed by atoms with E-state index in [0.29, 0.717) is 5.56 Å². The topological polar surface area (TPSA) is 29.1 Å². The van der Waals surface area contributed by atoms with E-state index in [2.05, 4.69) is 17.2 Å². The van der Waals surface area contributed by atoms with Crippen molar-refractivity contribution in [1.82, 2.24) is 5.32 Å². The monoisotopic (exact) mass is 263 g/mol. The van der Waals surface area contributed by atoms with Crippen LogP contribution in [0.15, 0.2) is 60.7 Å². The average molecular weight is 263 g/mol. The van der Waals surface area contributed by atoms with Crippen LogP contribution in [0.1, 0.15) is 29.3 Å². The Morgan fingerprint density at radius 2 is 1.65 bits per heavy atom. The zero-order valence-corrected chi connectivity index (χ0v) is 11.5. The summed E-state index contributed by atoms with van der Waals surface area (Å²) in [6.45, 7) is 2.01. The SMILES string of the molecule is CC[C@H](C#Cc1ccccc1)NC(=O)c1ccccc1. The molecule has 0 heterocycles. The largest absolute Gasteiger partial charge is 0.338 e. The van der Waals surface area contributed by atoms with Crippen molar-refractivity contribution in [3.8, 4) is 11.8 Å². The lowest BCUT2D eigenvalue weighted by atomic mass is 10.1. The lowest BCUT2D eigenvalue weighted by Crippen LogP contribution is -2.33. The molecule has 0 aliphatic heterocycles. The molecule has 0 saturated heterocycles. The van der Waals surface area contributed by atoms with Crippen molar-refractivity contribution in [2.45, 2.75) is 19.4 Å². The minimum Gasteiger partial charge on any atom is -0.338 e. The Morgan fingerprint density at radius 1 is 1.05 bits per heavy atom. The highest BCUT2D eigenvalue weighted by molar-refractivity contribution is 5.94. The zero-order chi connectivity index (χ0) is 14.2. The Kier molecular flexibility index (Phi) is 4.97. The minimum atomic E-state index is -0.136. The molecule has 0 spiro atoms. The summed E-state index contributed by atoms with van der Waals surface area (Å²) in [6.07, 6.45) is 0.776. The molecule has 0 aromatic heterocycles. The van der Waals surface area contributed by atoms with Crippen molar-refractivity contribution in [3.05, 3.63) is 71.8 Å². The predicted molar refractivity (Wildman–Crippen MR) is 81.3 cm³/mol. The van der Waals surface area contributed by atoms with Crippen LogP contribution < -0.4 is 5.32 Å². The van der Waals surface area contributed by atoms with E-state index in [-0.39, 0.29) is 11.9 Å². The Hall–Kier alpha value is -2.53. The summed E-state index contributed by atoms with van der Waals surface area (Å²) in [4.78, 5) is 12.0. The molecule has 0 unspecified atom stereocenters. The van der Waals surface area contributed by atoms with Crippen LogP contribution >= 0.6 is 0 Å². The molecule has 2 aromatic rings. The molecular weight excluding hydrogens is 246 g/mol. The van der Waals surface area contributed by atoms with Crippen molar-refractivity contribution in [1.29, 1.82) is 0 Å². The van der Waals surface area contributed by atoms with Gasteiger partial charge < -0.3 is 5.32 Å². The average Bonchev–Trinajstić information content (AvgIpc) is 2.53. The maximum atomic E-state index is 12.0. The quantitative estimate of drug-likeness (QED) is 0.846. The molecule has 1 atom stereocenters. The maximum Gasteiger partial charge on any atom is 0.252 e. The Balaban J connectivity index is 2.03. The molecular formula is C18H17NO. The van der Waals surface area contributed by atoms with Crippen molar-refractivity contribution in [3.63, 3.8) is 0 Å². The summed E-state index contributed by atoms with van der Waals surface area (Å²) >= 11 is 0. The van der Waals surface area contributed by atoms with Crippen molar-refractivity contribution in [2.24, 2.45) is 0 Å². The van der Waals surface area contributed by atoms with Crippen molar-refractivity contribution in [2.75, 3.05) is 0 Å². The minimum absolute atomic E-state index is 0.0835. The third-order valence-electron chi connectivity index (χ3n) is 2.91. The van der Waals surface area contributed by atoms with Gasteiger partial charge in [0.2, 0.25) is 0 Å². The fraction of sp³-hybridized carbons (Fsp3) is 0.167. The second-order valence-electron chi connectivity index (χ2n) is 4.44. The van der Waals surface area contributed by atoms with Crippen molar-refractivity contribution < 1.29 is 4.79 Å². The number of hydrogen-bond acceptors (Lipinski definition) is 1. The first-order chi connectivity index (χ1) is 9.79. The molecule has 2 aromatic carbocycles. The summed E-state index contributed by atoms with van der Waals surface area (Å²) in [5.41, 5.74) is 1.62. The number of rotatable bonds is 3. The molecule has 0 fully saturated rings. The van der Waals surface area contributed by atoms with E-state index in [4.69, 9.17) is 0 Å². The van der Waals surface area contributed by atoms with Crippen LogP contribution in [-0.2, 0) is 0 Å². The number of nitrogens with one attached hydrogen (secondary N) is 1. The summed E-state index contributed by atoms with van der Waals surface area (Å²) < 4.78 is 0. The van der Waals surface area contributed by atoms with Crippen molar-refractivity contribution >= 4 is 5.91 Å². The molecule has 100 valence electrons. The highest BCUT2D eigenvalue weighted by Crippen LogP contribution is 2.01. The molecule has 0 aliphatic carbocycles. The number of hydrogen-bond donors (Lipinski definition) is 1. The van der Waals surface area contributed by atoms with Crippen LogP contribution in [0.4, 0.5) is 0 Å². The Morgan fingerprint density at radius 3 is 2.25 bits per heavy atom. The van der Waals surface area contributed by atoms with Gasteiger partial charge >= 0.3 is 0 Å². The number of carbonyl (C=O) groups is 1. The van der Waals surface area contributed by atoms with E-state index in [1.807, 2.05) is 55.5 Å². The molecule has 0 bridgehead atoms. The predicted octanol–water partition coefficient (Wildman–Crippen LogP) is 3.25. The first-order valence-corrected chi connectivity index (χ1v) is 6.72. The second-order valence-corrected chi connectivity index (χ2v) is 4.44. The fourth-order valence-corrected chi connectivity index (χ4v) is 1.76. The number of carbonyl (C=O) groups excluding carboxylic acids is 1. The van der Waals surface area contributed by atoms with E-state index in [1.165, 1.54) is 0 Å². The van der Waals surface area contributed by atoms with Gasteiger partial charge in [0, 0.05) is 11.1 Å². The van der Waals surface area contributed by atoms with Gasteiger partial charge in [-0.05, 0) is 30.7 Å². The third kappa shape index (κ3) is 4.00. The van der Waals surface area contributed by atoms with E-state index < -0.39 is 0 Å². The molecule has 1 N–H and O–H groups in total. The Labute approximate surface area is 119 Å². The second kappa shape index (κ2) is 7.16. The van der Waals surface area contributed by atoms with Gasteiger partial charge in [0.15, 0.2) is 0 Å². The van der Waals surface area contributed by atoms with E-state index in [9.17, 15) is 4.79 Å². The summed E-state index contributed by atoms with van der Waals surface area (Å²) in [6, 6.07) is 18.8. The standard InChI is InChI=1S/C18H17NO/c1-2-17(14-13-15-9-5-3-6-10-15)19-18(20)16-11-7-4-8-12-16/h3-12,17H,2H2,1H3,(H,19,20)/t17-/m1/s1. The first kappa shape index (κ1) is 13.9. The van der Waals surface area contributed by atoms with Gasteiger partial charge in [0.25, 0.3) is 5.91 Å². The third-order valence-corrected chi connectivity index (χ3v) is 2.91. The van der Waals surface area contributed by atoms with Crippen LogP contribution in [0.2, 0.25) is 0 Å². The van der Waals surface area contributed by atoms with Gasteiger partial charge in [-0.2, -0.15) is 0 Å². The zero-order valence-electron chi connectivity index (χ0n) is 11.5. The van der Waals surface area contributed by atoms with E-state index in [0.717, 1.165) is 12.0 Å². The molecule has 2 heteroatoms. The molecule has 0 radical (unpaired) electrons. The summed E-state index contributed by atoms with van der Waals surface area (Å²) in [7, 11) is 0. The molecule has 2 rings (SSSR count). The van der Waals surface area contributed by atoms with Gasteiger partial charge in [-0.25, -0.2) is 0 Å². The highest BCUT2D eigenvalue weighted by atomic mass is 16.1. The van der Waals surface area contributed by atoms with Gasteiger partial charge in [-0.15, -0.1) is 0 Å². The first-order valence-electron chi connectivity index (χ1n) is 6.72. The van der Waals surface area contributed by atoms with Crippen LogP contribution in [-0.4, -0.2) is 11.9 Å². The molecule has 2 nitrogen and oxygen atoms in total. The van der Waals surface area contributed by atoms with E-state index in [1.54, 1.807) is 12.1 Å². The van der Waals surface area contributed by atoms with Gasteiger partial charge in [-0.1, -0.05) is 55.2 Å². The molecule has 20 heavy (non-hydrogen) atoms. The Bertz CT molecular complexity index is 608. The molecule has 0 aliphatic rings. The lowest BCUT2D eigenvalue weighted by molar-refractivity contribution is 0.0945. The smallest absolute Gasteiger partial charge is 0.252 e. The van der Waals surface area contributed by atoms with Crippen LogP contribution in [0, 0.1) is 11.8 Å². The van der Waals surface area contributed by atoms with Gasteiger partial charge in [-0.3, -0.25) is 4.79 Å². The normalized spacial score (nSPS) is 11.1. The lowest BCUT2D eigenvalue weighted by Gasteiger charge is -2.10. The maximum absolute atomic E-state index is 12.0. The number of benzene rings is 2. The highest BCUT2D eigenvalue weighted by Gasteiger charge is 2.09. The fourth-order valence-electron chi connectivity index (χ4n) is 1.76. The number of amides is 1. The summed E-state index contributed by atoms with van der Waals surface area (Å²) in [5, 5.41) is 2.94.